The summed E-state index contributed by atoms with van der Waals surface area (Å²) in [5, 5.41) is 0. The first-order valence-corrected chi connectivity index (χ1v) is 7.51. The summed E-state index contributed by atoms with van der Waals surface area (Å²) in [5.74, 6) is 12.6. The monoisotopic (exact) mass is 272 g/mol. The van der Waals surface area contributed by atoms with Gasteiger partial charge in [-0.1, -0.05) is 56.1 Å². The Labute approximate surface area is 128 Å². The second-order valence-corrected chi connectivity index (χ2v) is 4.93. The summed E-state index contributed by atoms with van der Waals surface area (Å²) in [5.41, 5.74) is 4.51. The molecule has 2 aromatic rings. The van der Waals surface area contributed by atoms with E-state index in [1.165, 1.54) is 12.0 Å². The van der Waals surface area contributed by atoms with Crippen molar-refractivity contribution in [2.24, 2.45) is 0 Å². The van der Waals surface area contributed by atoms with Crippen LogP contribution >= 0.6 is 0 Å². The third kappa shape index (κ3) is 4.87. The minimum atomic E-state index is 0.885. The highest BCUT2D eigenvalue weighted by molar-refractivity contribution is 5.46. The highest BCUT2D eigenvalue weighted by Crippen LogP contribution is 2.07. The minimum Gasteiger partial charge on any atom is -0.0982 e. The van der Waals surface area contributed by atoms with Gasteiger partial charge in [0.15, 0.2) is 0 Å². The molecule has 0 bridgehead atoms. The van der Waals surface area contributed by atoms with Crippen LogP contribution in [-0.4, -0.2) is 0 Å². The van der Waals surface area contributed by atoms with Crippen LogP contribution in [0.25, 0.3) is 0 Å². The summed E-state index contributed by atoms with van der Waals surface area (Å²) in [6.07, 6.45) is 3.20. The molecule has 0 aromatic heterocycles. The lowest BCUT2D eigenvalue weighted by Crippen LogP contribution is -1.83. The van der Waals surface area contributed by atoms with E-state index in [-0.39, 0.29) is 0 Å². The second-order valence-electron chi connectivity index (χ2n) is 4.93. The molecule has 0 radical (unpaired) electrons. The molecule has 0 saturated carbocycles. The van der Waals surface area contributed by atoms with Gasteiger partial charge in [-0.05, 0) is 48.4 Å². The highest BCUT2D eigenvalue weighted by Gasteiger charge is 1.92. The predicted octanol–water partition coefficient (Wildman–Crippen LogP) is 4.80. The molecule has 0 amide bonds. The molecule has 0 saturated heterocycles. The Morgan fingerprint density at radius 3 is 1.62 bits per heavy atom. The molecule has 0 nitrogen and oxygen atoms in total. The lowest BCUT2D eigenvalue weighted by Gasteiger charge is -1.97. The van der Waals surface area contributed by atoms with Crippen LogP contribution in [0.5, 0.6) is 0 Å². The second kappa shape index (κ2) is 7.98. The first kappa shape index (κ1) is 15.0. The molecule has 2 aromatic carbocycles. The van der Waals surface area contributed by atoms with Crippen LogP contribution in [0.15, 0.2) is 48.5 Å². The molecule has 2 rings (SSSR count). The van der Waals surface area contributed by atoms with Crippen molar-refractivity contribution in [1.82, 2.24) is 0 Å². The highest BCUT2D eigenvalue weighted by atomic mass is 14.0. The Morgan fingerprint density at radius 2 is 1.14 bits per heavy atom. The van der Waals surface area contributed by atoms with Crippen LogP contribution in [0.2, 0.25) is 0 Å². The van der Waals surface area contributed by atoms with Gasteiger partial charge in [0.1, 0.15) is 0 Å². The van der Waals surface area contributed by atoms with Gasteiger partial charge in [0.05, 0.1) is 0 Å². The summed E-state index contributed by atoms with van der Waals surface area (Å²) in [4.78, 5) is 0. The van der Waals surface area contributed by atoms with Gasteiger partial charge in [-0.3, -0.25) is 0 Å². The van der Waals surface area contributed by atoms with Crippen molar-refractivity contribution in [3.8, 4) is 23.7 Å². The van der Waals surface area contributed by atoms with E-state index in [0.29, 0.717) is 0 Å². The van der Waals surface area contributed by atoms with E-state index in [1.807, 2.05) is 24.3 Å². The Bertz CT molecular complexity index is 680. The van der Waals surface area contributed by atoms with Crippen LogP contribution in [0.3, 0.4) is 0 Å². The third-order valence-electron chi connectivity index (χ3n) is 3.14. The lowest BCUT2D eigenvalue weighted by atomic mass is 10.1. The summed E-state index contributed by atoms with van der Waals surface area (Å²) >= 11 is 0. The van der Waals surface area contributed by atoms with Crippen LogP contribution in [-0.2, 0) is 6.42 Å². The maximum atomic E-state index is 3.21. The number of aryl methyl sites for hydroxylation is 1. The van der Waals surface area contributed by atoms with Crippen molar-refractivity contribution >= 4 is 0 Å². The van der Waals surface area contributed by atoms with Gasteiger partial charge in [-0.15, -0.1) is 0 Å². The number of hydrogen-bond donors (Lipinski definition) is 0. The van der Waals surface area contributed by atoms with Gasteiger partial charge in [0.2, 0.25) is 0 Å². The standard InChI is InChI=1S/C21H20/c1-3-5-7-19-10-14-21(15-11-19)17-16-20-12-8-18(6-4-2)9-13-20/h8-15H,3-4,6H2,1-2H3. The Kier molecular flexibility index (Phi) is 5.69. The van der Waals surface area contributed by atoms with Crippen LogP contribution < -0.4 is 0 Å². The largest absolute Gasteiger partial charge is 0.0982 e. The van der Waals surface area contributed by atoms with Gasteiger partial charge >= 0.3 is 0 Å². The summed E-state index contributed by atoms with van der Waals surface area (Å²) in [7, 11) is 0. The van der Waals surface area contributed by atoms with Gasteiger partial charge in [-0.2, -0.15) is 0 Å². The smallest absolute Gasteiger partial charge is 0.0249 e. The van der Waals surface area contributed by atoms with Crippen LogP contribution in [0.4, 0.5) is 0 Å². The molecule has 0 heterocycles. The van der Waals surface area contributed by atoms with Gasteiger partial charge < -0.3 is 0 Å². The molecule has 0 aliphatic heterocycles. The molecule has 0 spiro atoms. The van der Waals surface area contributed by atoms with Crippen LogP contribution in [0, 0.1) is 23.7 Å². The first-order chi connectivity index (χ1) is 10.3. The maximum absolute atomic E-state index is 3.21. The Balaban J connectivity index is 2.07. The summed E-state index contributed by atoms with van der Waals surface area (Å²) in [6.45, 7) is 4.25. The molecule has 0 fully saturated rings. The predicted molar refractivity (Wildman–Crippen MR) is 90.0 cm³/mol. The van der Waals surface area contributed by atoms with E-state index in [9.17, 15) is 0 Å². The molecule has 0 aliphatic carbocycles. The zero-order valence-electron chi connectivity index (χ0n) is 12.7. The van der Waals surface area contributed by atoms with E-state index in [0.717, 1.165) is 29.5 Å². The molecule has 21 heavy (non-hydrogen) atoms. The lowest BCUT2D eigenvalue weighted by molar-refractivity contribution is 0.922. The average molecular weight is 272 g/mol. The number of benzene rings is 2. The van der Waals surface area contributed by atoms with Crippen molar-refractivity contribution < 1.29 is 0 Å². The minimum absolute atomic E-state index is 0.885. The van der Waals surface area contributed by atoms with Crippen molar-refractivity contribution in [1.29, 1.82) is 0 Å². The maximum Gasteiger partial charge on any atom is 0.0249 e. The molecule has 0 N–H and O–H groups in total. The fraction of sp³-hybridized carbons (Fsp3) is 0.238. The average Bonchev–Trinajstić information content (AvgIpc) is 2.53. The van der Waals surface area contributed by atoms with Crippen LogP contribution in [0.1, 0.15) is 48.9 Å². The first-order valence-electron chi connectivity index (χ1n) is 7.51. The number of rotatable bonds is 2. The molecule has 0 unspecified atom stereocenters. The van der Waals surface area contributed by atoms with Crippen molar-refractivity contribution in [3.63, 3.8) is 0 Å². The van der Waals surface area contributed by atoms with Gasteiger partial charge in [-0.25, -0.2) is 0 Å². The van der Waals surface area contributed by atoms with E-state index < -0.39 is 0 Å². The van der Waals surface area contributed by atoms with E-state index in [1.54, 1.807) is 0 Å². The molecule has 104 valence electrons. The zero-order chi connectivity index (χ0) is 14.9. The zero-order valence-corrected chi connectivity index (χ0v) is 12.7. The molecular formula is C21H20. The molecular weight excluding hydrogens is 252 g/mol. The Hall–Kier alpha value is -2.44. The number of hydrogen-bond acceptors (Lipinski definition) is 0. The molecule has 0 heteroatoms. The van der Waals surface area contributed by atoms with E-state index in [4.69, 9.17) is 0 Å². The van der Waals surface area contributed by atoms with E-state index in [2.05, 4.69) is 61.8 Å². The normalized spacial score (nSPS) is 9.24. The molecule has 0 aliphatic rings. The SMILES string of the molecule is CCC#Cc1ccc(C#Cc2ccc(CCC)cc2)cc1. The summed E-state index contributed by atoms with van der Waals surface area (Å²) in [6, 6.07) is 16.6. The van der Waals surface area contributed by atoms with Crippen molar-refractivity contribution in [2.45, 2.75) is 33.1 Å². The third-order valence-corrected chi connectivity index (χ3v) is 3.14. The van der Waals surface area contributed by atoms with Crippen molar-refractivity contribution in [3.05, 3.63) is 70.8 Å². The molecule has 0 atom stereocenters. The fourth-order valence-corrected chi connectivity index (χ4v) is 2.02. The van der Waals surface area contributed by atoms with E-state index >= 15 is 0 Å². The van der Waals surface area contributed by atoms with Gasteiger partial charge in [0.25, 0.3) is 0 Å². The Morgan fingerprint density at radius 1 is 0.667 bits per heavy atom. The van der Waals surface area contributed by atoms with Gasteiger partial charge in [0, 0.05) is 23.1 Å². The van der Waals surface area contributed by atoms with Crippen molar-refractivity contribution in [2.75, 3.05) is 0 Å². The quantitative estimate of drug-likeness (QED) is 0.689. The topological polar surface area (TPSA) is 0 Å². The summed E-state index contributed by atoms with van der Waals surface area (Å²) < 4.78 is 0. The fourth-order valence-electron chi connectivity index (χ4n) is 2.02.